The summed E-state index contributed by atoms with van der Waals surface area (Å²) in [7, 11) is 0. The first-order valence-electron chi connectivity index (χ1n) is 8.88. The lowest BCUT2D eigenvalue weighted by atomic mass is 10.3. The minimum Gasteiger partial charge on any atom is -0.368 e. The van der Waals surface area contributed by atoms with Gasteiger partial charge in [-0.05, 0) is 30.7 Å². The van der Waals surface area contributed by atoms with Gasteiger partial charge in [-0.1, -0.05) is 0 Å². The van der Waals surface area contributed by atoms with E-state index in [1.165, 1.54) is 0 Å². The van der Waals surface area contributed by atoms with Gasteiger partial charge in [0.2, 0.25) is 11.9 Å². The van der Waals surface area contributed by atoms with Crippen LogP contribution in [0.3, 0.4) is 0 Å². The van der Waals surface area contributed by atoms with E-state index in [9.17, 15) is 4.79 Å². The van der Waals surface area contributed by atoms with Crippen LogP contribution in [0.15, 0.2) is 36.8 Å². The Kier molecular flexibility index (Phi) is 6.32. The lowest BCUT2D eigenvalue weighted by molar-refractivity contribution is -0.122. The quantitative estimate of drug-likeness (QED) is 0.701. The molecule has 0 radical (unpaired) electrons. The monoisotopic (exact) mass is 355 g/mol. The van der Waals surface area contributed by atoms with Gasteiger partial charge in [-0.25, -0.2) is 15.0 Å². The third-order valence-corrected chi connectivity index (χ3v) is 4.24. The summed E-state index contributed by atoms with van der Waals surface area (Å²) in [5, 5.41) is 6.16. The predicted octanol–water partition coefficient (Wildman–Crippen LogP) is 0.530. The van der Waals surface area contributed by atoms with Gasteiger partial charge in [-0.15, -0.1) is 0 Å². The van der Waals surface area contributed by atoms with Gasteiger partial charge >= 0.3 is 0 Å². The van der Waals surface area contributed by atoms with Crippen LogP contribution in [0, 0.1) is 6.92 Å². The summed E-state index contributed by atoms with van der Waals surface area (Å²) >= 11 is 0. The zero-order valence-electron chi connectivity index (χ0n) is 15.1. The van der Waals surface area contributed by atoms with E-state index in [0.717, 1.165) is 43.5 Å². The van der Waals surface area contributed by atoms with Crippen LogP contribution in [-0.4, -0.2) is 71.6 Å². The number of hydrogen-bond donors (Lipinski definition) is 2. The normalized spacial score (nSPS) is 14.9. The number of hydrogen-bond acceptors (Lipinski definition) is 7. The average Bonchev–Trinajstić information content (AvgIpc) is 2.67. The van der Waals surface area contributed by atoms with Crippen LogP contribution in [0.2, 0.25) is 0 Å². The molecule has 2 aromatic rings. The molecule has 1 aliphatic heterocycles. The van der Waals surface area contributed by atoms with Gasteiger partial charge in [-0.2, -0.15) is 0 Å². The van der Waals surface area contributed by atoms with E-state index in [1.54, 1.807) is 18.6 Å². The minimum absolute atomic E-state index is 0.0495. The molecule has 0 aliphatic carbocycles. The summed E-state index contributed by atoms with van der Waals surface area (Å²) in [5.74, 6) is 1.64. The molecule has 138 valence electrons. The molecule has 8 heteroatoms. The fourth-order valence-corrected chi connectivity index (χ4v) is 2.84. The van der Waals surface area contributed by atoms with E-state index in [4.69, 9.17) is 0 Å². The molecular formula is C18H25N7O. The van der Waals surface area contributed by atoms with Crippen LogP contribution in [0.5, 0.6) is 0 Å². The Bertz CT molecular complexity index is 702. The maximum atomic E-state index is 12.1. The standard InChI is InChI=1S/C18H25N7O/c1-15-3-6-19-16(13-15)20-7-8-21-17(26)14-24-9-11-25(12-10-24)18-22-4-2-5-23-18/h2-6,13H,7-12,14H2,1H3,(H,19,20)(H,21,26). The molecule has 1 fully saturated rings. The number of nitrogens with one attached hydrogen (secondary N) is 2. The first-order valence-corrected chi connectivity index (χ1v) is 8.88. The number of nitrogens with zero attached hydrogens (tertiary/aromatic N) is 5. The summed E-state index contributed by atoms with van der Waals surface area (Å²) < 4.78 is 0. The Morgan fingerprint density at radius 3 is 2.58 bits per heavy atom. The van der Waals surface area contributed by atoms with Crippen molar-refractivity contribution >= 4 is 17.7 Å². The second-order valence-corrected chi connectivity index (χ2v) is 6.31. The number of anilines is 2. The van der Waals surface area contributed by atoms with Crippen molar-refractivity contribution in [2.45, 2.75) is 6.92 Å². The van der Waals surface area contributed by atoms with E-state index in [1.807, 2.05) is 25.1 Å². The topological polar surface area (TPSA) is 86.3 Å². The van der Waals surface area contributed by atoms with Crippen LogP contribution in [0.4, 0.5) is 11.8 Å². The average molecular weight is 355 g/mol. The van der Waals surface area contributed by atoms with Crippen molar-refractivity contribution in [3.05, 3.63) is 42.4 Å². The van der Waals surface area contributed by atoms with Gasteiger partial charge < -0.3 is 15.5 Å². The summed E-state index contributed by atoms with van der Waals surface area (Å²) in [6.07, 6.45) is 5.28. The van der Waals surface area contributed by atoms with Crippen molar-refractivity contribution in [1.82, 2.24) is 25.2 Å². The lowest BCUT2D eigenvalue weighted by Crippen LogP contribution is -2.50. The van der Waals surface area contributed by atoms with Crippen molar-refractivity contribution in [1.29, 1.82) is 0 Å². The van der Waals surface area contributed by atoms with Crippen molar-refractivity contribution in [2.75, 3.05) is 56.0 Å². The highest BCUT2D eigenvalue weighted by Gasteiger charge is 2.20. The fourth-order valence-electron chi connectivity index (χ4n) is 2.84. The molecular weight excluding hydrogens is 330 g/mol. The number of pyridine rings is 1. The molecule has 0 spiro atoms. The Morgan fingerprint density at radius 2 is 1.85 bits per heavy atom. The van der Waals surface area contributed by atoms with Gasteiger partial charge in [0.05, 0.1) is 6.54 Å². The van der Waals surface area contributed by atoms with Gasteiger partial charge in [-0.3, -0.25) is 9.69 Å². The molecule has 3 heterocycles. The maximum absolute atomic E-state index is 12.1. The third kappa shape index (κ3) is 5.38. The molecule has 26 heavy (non-hydrogen) atoms. The Balaban J connectivity index is 1.32. The summed E-state index contributed by atoms with van der Waals surface area (Å²) in [4.78, 5) is 29.2. The number of aryl methyl sites for hydroxylation is 1. The van der Waals surface area contributed by atoms with Crippen LogP contribution in [-0.2, 0) is 4.79 Å². The zero-order chi connectivity index (χ0) is 18.2. The highest BCUT2D eigenvalue weighted by atomic mass is 16.2. The molecule has 0 aromatic carbocycles. The van der Waals surface area contributed by atoms with E-state index in [0.29, 0.717) is 19.6 Å². The highest BCUT2D eigenvalue weighted by Crippen LogP contribution is 2.09. The van der Waals surface area contributed by atoms with Crippen molar-refractivity contribution in [3.8, 4) is 0 Å². The smallest absolute Gasteiger partial charge is 0.234 e. The SMILES string of the molecule is Cc1ccnc(NCCNC(=O)CN2CCN(c3ncccn3)CC2)c1. The van der Waals surface area contributed by atoms with E-state index >= 15 is 0 Å². The van der Waals surface area contributed by atoms with E-state index < -0.39 is 0 Å². The number of carbonyl (C=O) groups excluding carboxylic acids is 1. The number of amides is 1. The highest BCUT2D eigenvalue weighted by molar-refractivity contribution is 5.78. The van der Waals surface area contributed by atoms with E-state index in [2.05, 4.69) is 35.4 Å². The summed E-state index contributed by atoms with van der Waals surface area (Å²) in [6, 6.07) is 5.75. The minimum atomic E-state index is 0.0495. The van der Waals surface area contributed by atoms with Crippen molar-refractivity contribution < 1.29 is 4.79 Å². The zero-order valence-corrected chi connectivity index (χ0v) is 15.1. The molecule has 0 unspecified atom stereocenters. The predicted molar refractivity (Wildman–Crippen MR) is 101 cm³/mol. The maximum Gasteiger partial charge on any atom is 0.234 e. The lowest BCUT2D eigenvalue weighted by Gasteiger charge is -2.34. The van der Waals surface area contributed by atoms with Gasteiger partial charge in [0, 0.05) is 57.9 Å². The number of carbonyl (C=O) groups is 1. The Hall–Kier alpha value is -2.74. The Morgan fingerprint density at radius 1 is 1.08 bits per heavy atom. The third-order valence-electron chi connectivity index (χ3n) is 4.24. The summed E-state index contributed by atoms with van der Waals surface area (Å²) in [5.41, 5.74) is 1.16. The van der Waals surface area contributed by atoms with Crippen LogP contribution in [0.1, 0.15) is 5.56 Å². The molecule has 8 nitrogen and oxygen atoms in total. The number of aromatic nitrogens is 3. The largest absolute Gasteiger partial charge is 0.368 e. The van der Waals surface area contributed by atoms with Crippen LogP contribution in [0.25, 0.3) is 0 Å². The fraction of sp³-hybridized carbons (Fsp3) is 0.444. The molecule has 1 saturated heterocycles. The second-order valence-electron chi connectivity index (χ2n) is 6.31. The molecule has 2 N–H and O–H groups in total. The summed E-state index contributed by atoms with van der Waals surface area (Å²) in [6.45, 7) is 7.00. The number of rotatable bonds is 7. The molecule has 3 rings (SSSR count). The molecule has 0 atom stereocenters. The number of piperazine rings is 1. The van der Waals surface area contributed by atoms with E-state index in [-0.39, 0.29) is 5.91 Å². The Labute approximate surface area is 153 Å². The molecule has 1 aliphatic rings. The van der Waals surface area contributed by atoms with Gasteiger partial charge in [0.15, 0.2) is 0 Å². The van der Waals surface area contributed by atoms with Gasteiger partial charge in [0.1, 0.15) is 5.82 Å². The van der Waals surface area contributed by atoms with Crippen LogP contribution >= 0.6 is 0 Å². The molecule has 2 aromatic heterocycles. The second kappa shape index (κ2) is 9.10. The van der Waals surface area contributed by atoms with Crippen LogP contribution < -0.4 is 15.5 Å². The molecule has 0 bridgehead atoms. The molecule has 0 saturated carbocycles. The first kappa shape index (κ1) is 18.1. The molecule has 1 amide bonds. The first-order chi connectivity index (χ1) is 12.7. The van der Waals surface area contributed by atoms with Gasteiger partial charge in [0.25, 0.3) is 0 Å². The van der Waals surface area contributed by atoms with Crippen molar-refractivity contribution in [3.63, 3.8) is 0 Å². The van der Waals surface area contributed by atoms with Crippen molar-refractivity contribution in [2.24, 2.45) is 0 Å².